The first-order valence-electron chi connectivity index (χ1n) is 20.9. The Morgan fingerprint density at radius 2 is 1.28 bits per heavy atom. The SMILES string of the molecule is CC/[C](c1ccccc1)=[Zr+2](/[C]1=CC(C2(C)CCCCC2)=CC1C)[CH]1C2C=CC=C(C)C2(C)C2(C)C3(C)C=CC=CC3(C)C3(C)C=CC=CC3(C)C12C.[Cl-].[Cl-]. The largest absolute Gasteiger partial charge is 1.00 e. The molecule has 3 heteroatoms. The molecule has 10 unspecified atom stereocenters. The molecule has 7 aliphatic rings. The molecule has 54 heavy (non-hydrogen) atoms. The van der Waals surface area contributed by atoms with Gasteiger partial charge in [0.05, 0.1) is 0 Å². The third kappa shape index (κ3) is 4.74. The molecule has 7 aliphatic carbocycles. The molecule has 0 radical (unpaired) electrons. The van der Waals surface area contributed by atoms with Crippen LogP contribution in [0.1, 0.15) is 120 Å². The third-order valence-electron chi connectivity index (χ3n) is 18.8. The number of benzene rings is 1. The summed E-state index contributed by atoms with van der Waals surface area (Å²) in [5.74, 6) is 0.968. The number of rotatable bonds is 5. The summed E-state index contributed by atoms with van der Waals surface area (Å²) >= 11 is -2.86. The van der Waals surface area contributed by atoms with Crippen molar-refractivity contribution in [3.05, 3.63) is 129 Å². The van der Waals surface area contributed by atoms with Crippen LogP contribution in [0.3, 0.4) is 0 Å². The van der Waals surface area contributed by atoms with Crippen LogP contribution in [0.15, 0.2) is 124 Å². The van der Waals surface area contributed by atoms with E-state index in [0.29, 0.717) is 20.9 Å². The minimum Gasteiger partial charge on any atom is -1.00 e. The van der Waals surface area contributed by atoms with Crippen molar-refractivity contribution in [2.24, 2.45) is 55.2 Å². The van der Waals surface area contributed by atoms with Crippen molar-refractivity contribution in [3.63, 3.8) is 0 Å². The summed E-state index contributed by atoms with van der Waals surface area (Å²) in [6, 6.07) is 11.8. The van der Waals surface area contributed by atoms with Crippen LogP contribution in [0.25, 0.3) is 0 Å². The topological polar surface area (TPSA) is 0 Å². The summed E-state index contributed by atoms with van der Waals surface area (Å²) in [6.07, 6.45) is 41.7. The van der Waals surface area contributed by atoms with Gasteiger partial charge in [0.25, 0.3) is 0 Å². The molecule has 3 fully saturated rings. The number of fused-ring (bicyclic) bond motifs is 8. The van der Waals surface area contributed by atoms with E-state index in [1.165, 1.54) is 37.7 Å². The second-order valence-electron chi connectivity index (χ2n) is 19.8. The smallest absolute Gasteiger partial charge is 1.00 e. The molecule has 0 aromatic heterocycles. The zero-order chi connectivity index (χ0) is 37.2. The van der Waals surface area contributed by atoms with Gasteiger partial charge in [0, 0.05) is 0 Å². The van der Waals surface area contributed by atoms with Gasteiger partial charge in [0.1, 0.15) is 0 Å². The molecule has 0 nitrogen and oxygen atoms in total. The Bertz CT molecular complexity index is 1960. The van der Waals surface area contributed by atoms with Gasteiger partial charge < -0.3 is 24.8 Å². The maximum absolute atomic E-state index is 2.87. The molecule has 10 atom stereocenters. The first-order chi connectivity index (χ1) is 24.6. The third-order valence-corrected chi connectivity index (χ3v) is 28.8. The van der Waals surface area contributed by atoms with Crippen LogP contribution in [-0.4, -0.2) is 3.21 Å². The van der Waals surface area contributed by atoms with Gasteiger partial charge in [0.2, 0.25) is 0 Å². The molecule has 0 bridgehead atoms. The molecule has 0 N–H and O–H groups in total. The molecule has 0 saturated heterocycles. The number of halogens is 2. The summed E-state index contributed by atoms with van der Waals surface area (Å²) in [5.41, 5.74) is 4.70. The van der Waals surface area contributed by atoms with Crippen molar-refractivity contribution in [2.45, 2.75) is 118 Å². The second-order valence-corrected chi connectivity index (χ2v) is 26.2. The number of hydrogen-bond acceptors (Lipinski definition) is 0. The molecule has 0 aliphatic heterocycles. The van der Waals surface area contributed by atoms with Crippen molar-refractivity contribution in [3.8, 4) is 0 Å². The first kappa shape index (κ1) is 42.1. The fourth-order valence-corrected chi connectivity index (χ4v) is 26.8. The van der Waals surface area contributed by atoms with Gasteiger partial charge in [-0.05, 0) is 0 Å². The van der Waals surface area contributed by atoms with Gasteiger partial charge >= 0.3 is 327 Å². The maximum Gasteiger partial charge on any atom is -1.00 e. The van der Waals surface area contributed by atoms with Crippen LogP contribution in [0, 0.1) is 55.2 Å². The predicted octanol–water partition coefficient (Wildman–Crippen LogP) is 7.92. The Labute approximate surface area is 349 Å². The fourth-order valence-electron chi connectivity index (χ4n) is 15.0. The molecule has 1 aromatic rings. The van der Waals surface area contributed by atoms with E-state index < -0.39 is 21.3 Å². The minimum absolute atomic E-state index is 0. The van der Waals surface area contributed by atoms with Crippen molar-refractivity contribution in [1.29, 1.82) is 0 Å². The monoisotopic (exact) mass is 838 g/mol. The summed E-state index contributed by atoms with van der Waals surface area (Å²) in [4.78, 5) is 0. The summed E-state index contributed by atoms with van der Waals surface area (Å²) in [5, 5.41) is 0. The zero-order valence-corrected chi connectivity index (χ0v) is 39.1. The van der Waals surface area contributed by atoms with Crippen molar-refractivity contribution < 1.29 is 46.1 Å². The molecule has 0 amide bonds. The van der Waals surface area contributed by atoms with Crippen molar-refractivity contribution in [1.82, 2.24) is 0 Å². The summed E-state index contributed by atoms with van der Waals surface area (Å²) < 4.78 is 4.28. The zero-order valence-electron chi connectivity index (χ0n) is 35.1. The van der Waals surface area contributed by atoms with Gasteiger partial charge in [-0.2, -0.15) is 0 Å². The van der Waals surface area contributed by atoms with Crippen LogP contribution >= 0.6 is 0 Å². The Balaban J connectivity index is 0.00000249. The summed E-state index contributed by atoms with van der Waals surface area (Å²) in [6.45, 7) is 29.3. The fraction of sp³-hybridized carbons (Fsp3) is 0.549. The number of hydrogen-bond donors (Lipinski definition) is 0. The van der Waals surface area contributed by atoms with E-state index in [1.807, 2.05) is 6.49 Å². The number of allylic oxidation sites excluding steroid dienone is 16. The van der Waals surface area contributed by atoms with E-state index >= 15 is 0 Å². The average Bonchev–Trinajstić information content (AvgIpc) is 3.60. The van der Waals surface area contributed by atoms with Crippen molar-refractivity contribution >= 4 is 3.21 Å². The molecule has 8 rings (SSSR count). The van der Waals surface area contributed by atoms with Gasteiger partial charge in [-0.25, -0.2) is 0 Å². The standard InChI is InChI=1S/C29H37.C13H19.C9H10.2ClH.Zr/c1-21-14-13-15-22-20-27(6)25(4)18-10-9-16-23(25,2)24(3)17-11-12-19-26(24,5)29(27,8)28(21,22)7;1-11-6-7-12(10-11)13(2)8-4-3-5-9-13;1-2-6-9-7-4-3-5-8-9;;;/h9-20,22H,1-8H3;7,10-11H,3-5,8-9H2,1-2H3;3-5,7-8H,2H2,1H3;2*1H;/q;;;;;+2/p-2. The van der Waals surface area contributed by atoms with E-state index in [4.69, 9.17) is 0 Å². The van der Waals surface area contributed by atoms with Crippen molar-refractivity contribution in [2.75, 3.05) is 0 Å². The Kier molecular flexibility index (Phi) is 10.8. The Hall–Kier alpha value is -1.53. The molecule has 1 aromatic carbocycles. The second kappa shape index (κ2) is 13.8. The van der Waals surface area contributed by atoms with Crippen LogP contribution in [0.4, 0.5) is 0 Å². The molecular formula is C51H66Cl2Zr. The minimum atomic E-state index is -2.86. The summed E-state index contributed by atoms with van der Waals surface area (Å²) in [7, 11) is 0. The van der Waals surface area contributed by atoms with E-state index in [1.54, 1.807) is 11.1 Å². The van der Waals surface area contributed by atoms with Gasteiger partial charge in [0.15, 0.2) is 0 Å². The van der Waals surface area contributed by atoms with Crippen LogP contribution in [0.5, 0.6) is 0 Å². The molecular weight excluding hydrogens is 775 g/mol. The van der Waals surface area contributed by atoms with Crippen LogP contribution in [0.2, 0.25) is 3.63 Å². The molecule has 0 spiro atoms. The maximum atomic E-state index is 2.87. The molecule has 288 valence electrons. The quantitative estimate of drug-likeness (QED) is 0.283. The average molecular weight is 841 g/mol. The Morgan fingerprint density at radius 1 is 0.722 bits per heavy atom. The van der Waals surface area contributed by atoms with Gasteiger partial charge in [-0.1, -0.05) is 0 Å². The molecule has 3 saturated carbocycles. The first-order valence-corrected chi connectivity index (χ1v) is 24.8. The Morgan fingerprint density at radius 3 is 1.87 bits per heavy atom. The van der Waals surface area contributed by atoms with Crippen LogP contribution in [-0.2, 0) is 21.3 Å². The van der Waals surface area contributed by atoms with E-state index in [2.05, 4.69) is 185 Å². The van der Waals surface area contributed by atoms with Gasteiger partial charge in [-0.3, -0.25) is 0 Å². The van der Waals surface area contributed by atoms with Crippen LogP contribution < -0.4 is 24.8 Å². The van der Waals surface area contributed by atoms with E-state index in [-0.39, 0.29) is 62.7 Å². The normalized spacial score (nSPS) is 43.6. The van der Waals surface area contributed by atoms with Gasteiger partial charge in [-0.15, -0.1) is 0 Å². The van der Waals surface area contributed by atoms with E-state index in [0.717, 1.165) is 6.42 Å². The predicted molar refractivity (Wildman–Crippen MR) is 221 cm³/mol. The van der Waals surface area contributed by atoms with E-state index in [9.17, 15) is 0 Å². The molecule has 0 heterocycles.